The third-order valence-corrected chi connectivity index (χ3v) is 19.3. The fraction of sp³-hybridized carbons (Fsp3) is 0.373. The molecule has 5 aliphatic rings. The van der Waals surface area contributed by atoms with E-state index in [0.29, 0.717) is 135 Å². The number of ether oxygens (including phenoxy) is 3. The number of ketones is 2. The molecule has 0 bridgehead atoms. The van der Waals surface area contributed by atoms with Crippen molar-refractivity contribution in [3.05, 3.63) is 178 Å². The van der Waals surface area contributed by atoms with Crippen LogP contribution in [-0.2, 0) is 46.5 Å². The number of piperazine rings is 2. The highest BCUT2D eigenvalue weighted by atomic mass is 32.1. The second-order valence-electron chi connectivity index (χ2n) is 25.2. The zero-order chi connectivity index (χ0) is 73.1. The van der Waals surface area contributed by atoms with E-state index in [0.717, 1.165) is 33.4 Å². The Labute approximate surface area is 606 Å². The number of hydrogen-bond acceptors (Lipinski definition) is 17. The molecule has 4 heterocycles. The molecule has 0 spiro atoms. The van der Waals surface area contributed by atoms with Gasteiger partial charge in [0.1, 0.15) is 37.0 Å². The molecule has 7 N–H and O–H groups in total. The first-order chi connectivity index (χ1) is 49.7. The van der Waals surface area contributed by atoms with Crippen LogP contribution in [-0.4, -0.2) is 184 Å². The molecular weight excluding hydrogens is 1360 g/mol. The number of alkyl carbamates (subject to hydrolysis) is 1. The lowest BCUT2D eigenvalue weighted by Crippen LogP contribution is -2.49. The number of carbonyl (C=O) groups is 9. The molecule has 4 saturated heterocycles. The van der Waals surface area contributed by atoms with E-state index in [1.54, 1.807) is 82.6 Å². The van der Waals surface area contributed by atoms with Crippen LogP contribution in [0.2, 0.25) is 0 Å². The quantitative estimate of drug-likeness (QED) is 0.0161. The smallest absolute Gasteiger partial charge is 0.414 e. The van der Waals surface area contributed by atoms with Gasteiger partial charge in [-0.1, -0.05) is 135 Å². The van der Waals surface area contributed by atoms with E-state index in [9.17, 15) is 43.2 Å². The molecule has 0 radical (unpaired) electrons. The summed E-state index contributed by atoms with van der Waals surface area (Å²) in [6, 6.07) is 39.1. The summed E-state index contributed by atoms with van der Waals surface area (Å²) >= 11 is 10.3. The first kappa shape index (κ1) is 75.2. The molecule has 2 atom stereocenters. The van der Waals surface area contributed by atoms with E-state index < -0.39 is 41.9 Å². The Morgan fingerprint density at radius 1 is 0.524 bits per heavy atom. The van der Waals surface area contributed by atoms with Gasteiger partial charge in [-0.15, -0.1) is 0 Å². The number of benzene rings is 6. The highest BCUT2D eigenvalue weighted by Crippen LogP contribution is 2.44. The summed E-state index contributed by atoms with van der Waals surface area (Å²) in [7, 11) is 0. The number of anilines is 4. The van der Waals surface area contributed by atoms with Gasteiger partial charge in [-0.05, 0) is 82.6 Å². The van der Waals surface area contributed by atoms with Crippen molar-refractivity contribution in [2.45, 2.75) is 83.6 Å². The second-order valence-corrected chi connectivity index (χ2v) is 26.2. The molecule has 0 unspecified atom stereocenters. The van der Waals surface area contributed by atoms with Crippen molar-refractivity contribution < 1.29 is 66.1 Å². The van der Waals surface area contributed by atoms with E-state index in [1.807, 2.05) is 60.0 Å². The number of rotatable bonds is 27. The molecule has 0 aromatic heterocycles. The van der Waals surface area contributed by atoms with Crippen molar-refractivity contribution in [1.29, 1.82) is 0 Å². The molecule has 542 valence electrons. The zero-order valence-corrected chi connectivity index (χ0v) is 59.1. The number of nitrogens with one attached hydrogen (secondary N) is 5. The van der Waals surface area contributed by atoms with Gasteiger partial charge < -0.3 is 66.1 Å². The molecular formula is C75H84F2N12O12S2. The molecule has 0 saturated carbocycles. The van der Waals surface area contributed by atoms with Gasteiger partial charge in [0, 0.05) is 108 Å². The van der Waals surface area contributed by atoms with E-state index >= 15 is 8.78 Å². The van der Waals surface area contributed by atoms with Crippen LogP contribution in [0.15, 0.2) is 133 Å². The third kappa shape index (κ3) is 20.0. The molecule has 1 aliphatic carbocycles. The second kappa shape index (κ2) is 35.9. The normalized spacial score (nSPS) is 16.1. The molecule has 4 fully saturated rings. The average Bonchev–Trinajstić information content (AvgIpc) is 1.63. The van der Waals surface area contributed by atoms with Crippen molar-refractivity contribution in [1.82, 2.24) is 36.4 Å². The Morgan fingerprint density at radius 3 is 1.35 bits per heavy atom. The third-order valence-electron chi connectivity index (χ3n) is 18.5. The number of fused-ring (bicyclic) bond motifs is 3. The van der Waals surface area contributed by atoms with Gasteiger partial charge in [-0.25, -0.2) is 23.2 Å². The van der Waals surface area contributed by atoms with Gasteiger partial charge in [0.05, 0.1) is 65.5 Å². The van der Waals surface area contributed by atoms with Crippen molar-refractivity contribution in [3.63, 3.8) is 0 Å². The van der Waals surface area contributed by atoms with E-state index in [-0.39, 0.29) is 99.8 Å². The SMILES string of the molecule is CCC(=S)NC[C@H]1CN(c2ccc(N3CCN(C(=O)CCC(=O)c4ccc(CNC(=O)CN)cc4)CC3)c(F)c2)C(=O)O1.CCC(=S)NC[C@H]1CN(c2ccc(N3CCN(C(=O)CCC(=O)c4ccc(CNC(=O)CNC(=O)OCC5c6ccccc6-c6ccccc65)cc4)CC3)c(F)c2)C(=O)O1. The Bertz CT molecular complexity index is 4070. The van der Waals surface area contributed by atoms with Crippen molar-refractivity contribution in [2.24, 2.45) is 5.73 Å². The maximum Gasteiger partial charge on any atom is 0.414 e. The Hall–Kier alpha value is -10.5. The van der Waals surface area contributed by atoms with Crippen LogP contribution in [0.3, 0.4) is 0 Å². The summed E-state index contributed by atoms with van der Waals surface area (Å²) in [5, 5.41) is 14.1. The summed E-state index contributed by atoms with van der Waals surface area (Å²) in [6.45, 7) is 8.82. The predicted octanol–water partition coefficient (Wildman–Crippen LogP) is 8.31. The molecule has 24 nitrogen and oxygen atoms in total. The average molecular weight is 1450 g/mol. The van der Waals surface area contributed by atoms with Crippen LogP contribution in [0.1, 0.15) is 101 Å². The van der Waals surface area contributed by atoms with E-state index in [4.69, 9.17) is 44.4 Å². The number of thiocarbonyl (C=S) groups is 2. The zero-order valence-electron chi connectivity index (χ0n) is 57.4. The Kier molecular flexibility index (Phi) is 26.2. The summed E-state index contributed by atoms with van der Waals surface area (Å²) in [4.78, 5) is 124. The topological polar surface area (TPSA) is 287 Å². The van der Waals surface area contributed by atoms with Crippen LogP contribution in [0.25, 0.3) is 11.1 Å². The van der Waals surface area contributed by atoms with Crippen LogP contribution in [0, 0.1) is 11.6 Å². The van der Waals surface area contributed by atoms with Gasteiger partial charge in [0.25, 0.3) is 0 Å². The number of nitrogens with two attached hydrogens (primary N) is 1. The van der Waals surface area contributed by atoms with Crippen LogP contribution >= 0.6 is 24.4 Å². The lowest BCUT2D eigenvalue weighted by molar-refractivity contribution is -0.132. The molecule has 6 aromatic carbocycles. The van der Waals surface area contributed by atoms with Crippen LogP contribution in [0.5, 0.6) is 0 Å². The minimum atomic E-state index is -0.682. The maximum absolute atomic E-state index is 15.3. The monoisotopic (exact) mass is 1450 g/mol. The first-order valence-corrected chi connectivity index (χ1v) is 35.3. The first-order valence-electron chi connectivity index (χ1n) is 34.5. The van der Waals surface area contributed by atoms with E-state index in [2.05, 4.69) is 38.7 Å². The fourth-order valence-corrected chi connectivity index (χ4v) is 12.8. The highest BCUT2D eigenvalue weighted by Gasteiger charge is 2.36. The van der Waals surface area contributed by atoms with E-state index in [1.165, 1.54) is 21.9 Å². The van der Waals surface area contributed by atoms with Crippen LogP contribution in [0.4, 0.5) is 45.9 Å². The van der Waals surface area contributed by atoms with Gasteiger partial charge in [-0.2, -0.15) is 0 Å². The van der Waals surface area contributed by atoms with Gasteiger partial charge in [0.2, 0.25) is 23.6 Å². The summed E-state index contributed by atoms with van der Waals surface area (Å²) in [5.74, 6) is -2.27. The maximum atomic E-state index is 15.3. The lowest BCUT2D eigenvalue weighted by atomic mass is 9.98. The highest BCUT2D eigenvalue weighted by molar-refractivity contribution is 7.80. The predicted molar refractivity (Wildman–Crippen MR) is 393 cm³/mol. The molecule has 4 aliphatic heterocycles. The molecule has 6 aromatic rings. The minimum absolute atomic E-state index is 0.0356. The van der Waals surface area contributed by atoms with Gasteiger partial charge in [-0.3, -0.25) is 38.6 Å². The Morgan fingerprint density at radius 2 is 0.942 bits per heavy atom. The number of hydrogen-bond donors (Lipinski definition) is 6. The standard InChI is InChI=1S/C45H47FN6O7S.C30H37FN6O5S/c1-2-42(60)48-25-32-27-52(45(57)59-32)31-15-16-39(38(46)23-31)50-19-21-51(22-20-50)43(55)18-17-40(53)30-13-11-29(12-14-30)24-47-41(54)26-49-44(56)58-28-37-35-9-5-3-7-33(35)34-8-4-6-10-36(34)37;1-2-28(43)34-18-23-19-37(30(41)42-23)22-7-8-25(24(31)15-22)35-11-13-36(14-12-35)29(40)10-9-26(38)21-5-3-20(4-6-21)17-33-27(39)16-32/h3-16,23,32,37H,2,17-22,24-28H2,1H3,(H,47,54)(H,48,60)(H,49,56);3-8,15,23H,2,9-14,16-19,32H2,1H3,(H,33,39)(H,34,43)/t32-;23-/m00/s1. The van der Waals surface area contributed by atoms with Crippen molar-refractivity contribution >= 4 is 111 Å². The number of carbonyl (C=O) groups excluding carboxylic acids is 9. The molecule has 7 amide bonds. The lowest BCUT2D eigenvalue weighted by Gasteiger charge is -2.36. The Balaban J connectivity index is 0.000000234. The number of Topliss-reactive ketones (excluding diaryl/α,β-unsaturated/α-hetero) is 2. The summed E-state index contributed by atoms with van der Waals surface area (Å²) in [5.41, 5.74) is 13.9. The largest absolute Gasteiger partial charge is 0.449 e. The van der Waals surface area contributed by atoms with Crippen molar-refractivity contribution in [2.75, 3.05) is 118 Å². The number of halogens is 2. The summed E-state index contributed by atoms with van der Waals surface area (Å²) < 4.78 is 46.8. The van der Waals surface area contributed by atoms with Gasteiger partial charge >= 0.3 is 18.3 Å². The minimum Gasteiger partial charge on any atom is -0.449 e. The molecule has 28 heteroatoms. The fourth-order valence-electron chi connectivity index (χ4n) is 12.6. The molecule has 11 rings (SSSR count). The van der Waals surface area contributed by atoms with Crippen molar-refractivity contribution in [3.8, 4) is 11.1 Å². The number of amides is 7. The summed E-state index contributed by atoms with van der Waals surface area (Å²) in [6.07, 6.45) is -0.905. The molecule has 103 heavy (non-hydrogen) atoms. The number of cyclic esters (lactones) is 2. The van der Waals surface area contributed by atoms with Crippen LogP contribution < -0.4 is 51.9 Å². The van der Waals surface area contributed by atoms with Gasteiger partial charge in [0.15, 0.2) is 11.6 Å². The number of nitrogens with zero attached hydrogens (tertiary/aromatic N) is 6.